The first kappa shape index (κ1) is 15.4. The van der Waals surface area contributed by atoms with E-state index in [1.165, 1.54) is 11.1 Å². The Balaban J connectivity index is 1.75. The van der Waals surface area contributed by atoms with E-state index in [-0.39, 0.29) is 6.04 Å². The second kappa shape index (κ2) is 6.71. The second-order valence-corrected chi connectivity index (χ2v) is 5.79. The zero-order valence-corrected chi connectivity index (χ0v) is 13.7. The van der Waals surface area contributed by atoms with Gasteiger partial charge in [-0.3, -0.25) is 4.90 Å². The van der Waals surface area contributed by atoms with Crippen LogP contribution in [-0.4, -0.2) is 31.7 Å². The van der Waals surface area contributed by atoms with Crippen molar-refractivity contribution in [1.82, 2.24) is 24.6 Å². The van der Waals surface area contributed by atoms with Gasteiger partial charge in [0.15, 0.2) is 0 Å². The molecule has 3 rings (SSSR count). The summed E-state index contributed by atoms with van der Waals surface area (Å²) in [5.74, 6) is 0. The van der Waals surface area contributed by atoms with E-state index in [2.05, 4.69) is 59.1 Å². The number of benzene rings is 1. The number of hydrogen-bond donors (Lipinski definition) is 0. The topological polar surface area (TPSA) is 46.8 Å². The summed E-state index contributed by atoms with van der Waals surface area (Å²) < 4.78 is 1.88. The van der Waals surface area contributed by atoms with Gasteiger partial charge in [0.1, 0.15) is 6.33 Å². The lowest BCUT2D eigenvalue weighted by atomic mass is 10.1. The Morgan fingerprint density at radius 3 is 2.74 bits per heavy atom. The summed E-state index contributed by atoms with van der Waals surface area (Å²) in [6.07, 6.45) is 7.14. The van der Waals surface area contributed by atoms with Crippen molar-refractivity contribution in [3.63, 3.8) is 0 Å². The van der Waals surface area contributed by atoms with Crippen LogP contribution in [0, 0.1) is 6.92 Å². The van der Waals surface area contributed by atoms with Crippen molar-refractivity contribution in [2.75, 3.05) is 7.05 Å². The first-order valence-electron chi connectivity index (χ1n) is 7.71. The molecule has 0 saturated heterocycles. The van der Waals surface area contributed by atoms with Gasteiger partial charge in [-0.05, 0) is 56.3 Å². The molecule has 5 heteroatoms. The standard InChI is InChI=1S/C18H21N5/c1-14-11-17(23-10-4-8-21-23)6-5-16(14)12-22(3)15(2)18-7-9-19-13-20-18/h4-11,13,15H,12H2,1-3H3/t15-/m1/s1. The molecule has 0 radical (unpaired) electrons. The molecule has 3 aromatic rings. The summed E-state index contributed by atoms with van der Waals surface area (Å²) in [6.45, 7) is 5.18. The molecule has 0 aliphatic carbocycles. The summed E-state index contributed by atoms with van der Waals surface area (Å²) in [6, 6.07) is 10.6. The first-order chi connectivity index (χ1) is 11.1. The van der Waals surface area contributed by atoms with Crippen LogP contribution in [0.15, 0.2) is 55.2 Å². The van der Waals surface area contributed by atoms with Crippen LogP contribution in [0.5, 0.6) is 0 Å². The molecule has 118 valence electrons. The molecule has 0 bridgehead atoms. The van der Waals surface area contributed by atoms with E-state index in [9.17, 15) is 0 Å². The van der Waals surface area contributed by atoms with Gasteiger partial charge in [-0.25, -0.2) is 14.6 Å². The van der Waals surface area contributed by atoms with Gasteiger partial charge in [-0.2, -0.15) is 5.10 Å². The van der Waals surface area contributed by atoms with Gasteiger partial charge in [0, 0.05) is 31.2 Å². The minimum Gasteiger partial charge on any atom is -0.294 e. The van der Waals surface area contributed by atoms with Crippen LogP contribution in [0.1, 0.15) is 29.8 Å². The summed E-state index contributed by atoms with van der Waals surface area (Å²) in [5, 5.41) is 4.28. The van der Waals surface area contributed by atoms with Crippen molar-refractivity contribution in [3.05, 3.63) is 72.1 Å². The maximum Gasteiger partial charge on any atom is 0.115 e. The summed E-state index contributed by atoms with van der Waals surface area (Å²) >= 11 is 0. The Bertz CT molecular complexity index is 752. The van der Waals surface area contributed by atoms with E-state index in [0.29, 0.717) is 0 Å². The van der Waals surface area contributed by atoms with E-state index < -0.39 is 0 Å². The first-order valence-corrected chi connectivity index (χ1v) is 7.71. The highest BCUT2D eigenvalue weighted by Crippen LogP contribution is 2.21. The second-order valence-electron chi connectivity index (χ2n) is 5.79. The molecule has 0 aliphatic heterocycles. The lowest BCUT2D eigenvalue weighted by molar-refractivity contribution is 0.248. The summed E-state index contributed by atoms with van der Waals surface area (Å²) in [7, 11) is 2.12. The molecular formula is C18H21N5. The average molecular weight is 307 g/mol. The Hall–Kier alpha value is -2.53. The largest absolute Gasteiger partial charge is 0.294 e. The van der Waals surface area contributed by atoms with Gasteiger partial charge in [0.25, 0.3) is 0 Å². The van der Waals surface area contributed by atoms with Crippen LogP contribution in [0.2, 0.25) is 0 Å². The van der Waals surface area contributed by atoms with Crippen molar-refractivity contribution in [2.24, 2.45) is 0 Å². The molecule has 5 nitrogen and oxygen atoms in total. The third-order valence-electron chi connectivity index (χ3n) is 4.21. The third kappa shape index (κ3) is 3.46. The number of nitrogens with zero attached hydrogens (tertiary/aromatic N) is 5. The van der Waals surface area contributed by atoms with Crippen LogP contribution >= 0.6 is 0 Å². The van der Waals surface area contributed by atoms with Crippen molar-refractivity contribution >= 4 is 0 Å². The molecule has 23 heavy (non-hydrogen) atoms. The molecule has 0 fully saturated rings. The average Bonchev–Trinajstić information content (AvgIpc) is 3.11. The zero-order valence-electron chi connectivity index (χ0n) is 13.7. The lowest BCUT2D eigenvalue weighted by Gasteiger charge is -2.25. The van der Waals surface area contributed by atoms with E-state index in [1.54, 1.807) is 18.7 Å². The molecule has 0 N–H and O–H groups in total. The van der Waals surface area contributed by atoms with Gasteiger partial charge < -0.3 is 0 Å². The quantitative estimate of drug-likeness (QED) is 0.726. The fourth-order valence-electron chi connectivity index (χ4n) is 2.60. The van der Waals surface area contributed by atoms with Crippen LogP contribution in [0.4, 0.5) is 0 Å². The SMILES string of the molecule is Cc1cc(-n2cccn2)ccc1CN(C)[C@H](C)c1ccncn1. The molecular weight excluding hydrogens is 286 g/mol. The van der Waals surface area contributed by atoms with E-state index >= 15 is 0 Å². The zero-order chi connectivity index (χ0) is 16.2. The molecule has 0 aliphatic rings. The third-order valence-corrected chi connectivity index (χ3v) is 4.21. The van der Waals surface area contributed by atoms with E-state index in [0.717, 1.165) is 17.9 Å². The molecule has 0 amide bonds. The van der Waals surface area contributed by atoms with Gasteiger partial charge in [-0.1, -0.05) is 6.07 Å². The Morgan fingerprint density at radius 1 is 1.22 bits per heavy atom. The molecule has 0 unspecified atom stereocenters. The van der Waals surface area contributed by atoms with E-state index in [1.807, 2.05) is 23.0 Å². The summed E-state index contributed by atoms with van der Waals surface area (Å²) in [5.41, 5.74) is 4.69. The molecule has 2 aromatic heterocycles. The number of aryl methyl sites for hydroxylation is 1. The minimum atomic E-state index is 0.239. The number of hydrogen-bond acceptors (Lipinski definition) is 4. The molecule has 2 heterocycles. The van der Waals surface area contributed by atoms with Crippen LogP contribution in [-0.2, 0) is 6.54 Å². The van der Waals surface area contributed by atoms with Crippen molar-refractivity contribution in [1.29, 1.82) is 0 Å². The summed E-state index contributed by atoms with van der Waals surface area (Å²) in [4.78, 5) is 10.6. The predicted molar refractivity (Wildman–Crippen MR) is 90.2 cm³/mol. The van der Waals surface area contributed by atoms with Crippen LogP contribution in [0.25, 0.3) is 5.69 Å². The maximum absolute atomic E-state index is 4.35. The Morgan fingerprint density at radius 2 is 2.09 bits per heavy atom. The van der Waals surface area contributed by atoms with Gasteiger partial charge in [0.2, 0.25) is 0 Å². The normalized spacial score (nSPS) is 12.5. The van der Waals surface area contributed by atoms with Crippen LogP contribution in [0.3, 0.4) is 0 Å². The van der Waals surface area contributed by atoms with Crippen molar-refractivity contribution in [3.8, 4) is 5.69 Å². The molecule has 1 atom stereocenters. The molecule has 0 saturated carbocycles. The van der Waals surface area contributed by atoms with Crippen LogP contribution < -0.4 is 0 Å². The monoisotopic (exact) mass is 307 g/mol. The highest BCUT2D eigenvalue weighted by molar-refractivity contribution is 5.39. The molecule has 0 spiro atoms. The number of aromatic nitrogens is 4. The van der Waals surface area contributed by atoms with Gasteiger partial charge in [0.05, 0.1) is 11.4 Å². The Kier molecular flexibility index (Phi) is 4.48. The minimum absolute atomic E-state index is 0.239. The fourth-order valence-corrected chi connectivity index (χ4v) is 2.60. The maximum atomic E-state index is 4.35. The highest BCUT2D eigenvalue weighted by Gasteiger charge is 2.14. The van der Waals surface area contributed by atoms with Crippen molar-refractivity contribution in [2.45, 2.75) is 26.4 Å². The Labute approximate surface area is 136 Å². The van der Waals surface area contributed by atoms with Gasteiger partial charge in [-0.15, -0.1) is 0 Å². The fraction of sp³-hybridized carbons (Fsp3) is 0.278. The smallest absolute Gasteiger partial charge is 0.115 e. The van der Waals surface area contributed by atoms with E-state index in [4.69, 9.17) is 0 Å². The highest BCUT2D eigenvalue weighted by atomic mass is 15.3. The predicted octanol–water partition coefficient (Wildman–Crippen LogP) is 3.16. The molecule has 1 aromatic carbocycles. The lowest BCUT2D eigenvalue weighted by Crippen LogP contribution is -2.23. The van der Waals surface area contributed by atoms with Gasteiger partial charge >= 0.3 is 0 Å². The van der Waals surface area contributed by atoms with Crippen molar-refractivity contribution < 1.29 is 0 Å². The number of rotatable bonds is 5.